The smallest absolute Gasteiger partial charge is 0.266 e. The summed E-state index contributed by atoms with van der Waals surface area (Å²) in [5.41, 5.74) is 1.40. The maximum atomic E-state index is 12.6. The van der Waals surface area contributed by atoms with E-state index in [0.717, 1.165) is 36.6 Å². The number of anilines is 1. The minimum Gasteiger partial charge on any atom is -0.463 e. The lowest BCUT2D eigenvalue weighted by molar-refractivity contribution is -0.125. The minimum atomic E-state index is -0.210. The summed E-state index contributed by atoms with van der Waals surface area (Å²) in [6, 6.07) is 14.8. The average Bonchev–Trinajstić information content (AvgIpc) is 3.50. The Kier molecular flexibility index (Phi) is 5.72. The Morgan fingerprint density at radius 1 is 1.12 bits per heavy atom. The number of aromatic nitrogens is 3. The Labute approximate surface area is 188 Å². The summed E-state index contributed by atoms with van der Waals surface area (Å²) in [5.74, 6) is 0.603. The van der Waals surface area contributed by atoms with E-state index in [9.17, 15) is 9.59 Å². The molecule has 1 N–H and O–H groups in total. The second kappa shape index (κ2) is 8.96. The van der Waals surface area contributed by atoms with Gasteiger partial charge in [0.2, 0.25) is 5.91 Å². The van der Waals surface area contributed by atoms with E-state index in [-0.39, 0.29) is 17.4 Å². The maximum absolute atomic E-state index is 12.6. The molecule has 1 aromatic carbocycles. The van der Waals surface area contributed by atoms with Crippen molar-refractivity contribution < 1.29 is 9.21 Å². The van der Waals surface area contributed by atoms with Gasteiger partial charge < -0.3 is 14.6 Å². The van der Waals surface area contributed by atoms with E-state index >= 15 is 0 Å². The number of benzene rings is 1. The van der Waals surface area contributed by atoms with Gasteiger partial charge >= 0.3 is 0 Å². The van der Waals surface area contributed by atoms with Gasteiger partial charge in [-0.15, -0.1) is 0 Å². The topological polar surface area (TPSA) is 93.3 Å². The number of piperidine rings is 1. The average molecular weight is 450 g/mol. The first-order valence-electron chi connectivity index (χ1n) is 10.7. The highest BCUT2D eigenvalue weighted by molar-refractivity contribution is 7.22. The van der Waals surface area contributed by atoms with Gasteiger partial charge in [-0.3, -0.25) is 9.59 Å². The van der Waals surface area contributed by atoms with Gasteiger partial charge in [-0.1, -0.05) is 23.5 Å². The Morgan fingerprint density at radius 2 is 1.97 bits per heavy atom. The molecule has 0 spiro atoms. The third-order valence-corrected chi connectivity index (χ3v) is 6.78. The summed E-state index contributed by atoms with van der Waals surface area (Å²) in [6.07, 6.45) is 3.14. The molecule has 1 aliphatic heterocycles. The molecule has 1 aliphatic rings. The van der Waals surface area contributed by atoms with E-state index < -0.39 is 0 Å². The molecule has 9 heteroatoms. The van der Waals surface area contributed by atoms with Gasteiger partial charge in [0.15, 0.2) is 10.9 Å². The molecular weight excluding hydrogens is 426 g/mol. The summed E-state index contributed by atoms with van der Waals surface area (Å²) in [7, 11) is 0. The number of hydrogen-bond donors (Lipinski definition) is 1. The monoisotopic (exact) mass is 449 g/mol. The molecule has 4 aromatic rings. The lowest BCUT2D eigenvalue weighted by Gasteiger charge is -2.31. The Hall–Kier alpha value is -3.46. The number of rotatable bonds is 6. The van der Waals surface area contributed by atoms with E-state index in [1.54, 1.807) is 35.8 Å². The summed E-state index contributed by atoms with van der Waals surface area (Å²) >= 11 is 1.69. The molecule has 0 atom stereocenters. The van der Waals surface area contributed by atoms with Crippen LogP contribution in [0.2, 0.25) is 0 Å². The van der Waals surface area contributed by atoms with Crippen LogP contribution in [0.1, 0.15) is 12.8 Å². The number of nitrogens with one attached hydrogen (secondary N) is 1. The van der Waals surface area contributed by atoms with E-state index in [0.29, 0.717) is 24.5 Å². The fourth-order valence-corrected chi connectivity index (χ4v) is 4.94. The molecule has 164 valence electrons. The highest BCUT2D eigenvalue weighted by Gasteiger charge is 2.26. The van der Waals surface area contributed by atoms with Crippen molar-refractivity contribution in [1.29, 1.82) is 0 Å². The zero-order valence-corrected chi connectivity index (χ0v) is 18.3. The van der Waals surface area contributed by atoms with E-state index in [2.05, 4.69) is 21.4 Å². The van der Waals surface area contributed by atoms with Crippen molar-refractivity contribution in [2.24, 2.45) is 5.92 Å². The molecule has 0 bridgehead atoms. The van der Waals surface area contributed by atoms with Gasteiger partial charge in [-0.05, 0) is 43.2 Å². The molecule has 8 nitrogen and oxygen atoms in total. The number of nitrogens with zero attached hydrogens (tertiary/aromatic N) is 4. The molecule has 1 saturated heterocycles. The zero-order valence-electron chi connectivity index (χ0n) is 17.4. The van der Waals surface area contributed by atoms with E-state index in [1.807, 2.05) is 18.2 Å². The zero-order chi connectivity index (χ0) is 21.9. The summed E-state index contributed by atoms with van der Waals surface area (Å²) in [5, 5.41) is 8.32. The van der Waals surface area contributed by atoms with Crippen molar-refractivity contribution in [3.05, 3.63) is 65.1 Å². The maximum Gasteiger partial charge on any atom is 0.266 e. The standard InChI is InChI=1S/C23H23N5O3S/c29-21-8-7-17(19-5-3-15-31-19)26-28(21)14-11-24-22(30)16-9-12-27(13-10-16)23-25-18-4-1-2-6-20(18)32-23/h1-8,15-16H,9-14H2,(H,24,30). The van der Waals surface area contributed by atoms with Crippen LogP contribution in [-0.4, -0.2) is 40.3 Å². The predicted molar refractivity (Wildman–Crippen MR) is 124 cm³/mol. The minimum absolute atomic E-state index is 0.0280. The number of carbonyl (C=O) groups excluding carboxylic acids is 1. The van der Waals surface area contributed by atoms with E-state index in [1.165, 1.54) is 15.4 Å². The normalized spacial score (nSPS) is 14.7. The van der Waals surface area contributed by atoms with Crippen molar-refractivity contribution in [2.45, 2.75) is 19.4 Å². The van der Waals surface area contributed by atoms with Gasteiger partial charge in [-0.2, -0.15) is 5.10 Å². The quantitative estimate of drug-likeness (QED) is 0.486. The Bertz CT molecular complexity index is 1240. The third-order valence-electron chi connectivity index (χ3n) is 5.68. The summed E-state index contributed by atoms with van der Waals surface area (Å²) < 4.78 is 7.88. The lowest BCUT2D eigenvalue weighted by atomic mass is 9.96. The van der Waals surface area contributed by atoms with Crippen molar-refractivity contribution in [3.63, 3.8) is 0 Å². The molecular formula is C23H23N5O3S. The van der Waals surface area contributed by atoms with Gasteiger partial charge in [0, 0.05) is 31.6 Å². The Balaban J connectivity index is 1.13. The number of para-hydroxylation sites is 1. The van der Waals surface area contributed by atoms with Crippen LogP contribution in [0.3, 0.4) is 0 Å². The molecule has 0 aliphatic carbocycles. The third kappa shape index (κ3) is 4.29. The van der Waals surface area contributed by atoms with Gasteiger partial charge in [0.25, 0.3) is 5.56 Å². The number of furan rings is 1. The molecule has 0 radical (unpaired) electrons. The van der Waals surface area contributed by atoms with Gasteiger partial charge in [0.05, 0.1) is 23.0 Å². The van der Waals surface area contributed by atoms with Crippen LogP contribution in [0.15, 0.2) is 64.0 Å². The highest BCUT2D eigenvalue weighted by Crippen LogP contribution is 2.31. The van der Waals surface area contributed by atoms with Crippen LogP contribution in [0, 0.1) is 5.92 Å². The summed E-state index contributed by atoms with van der Waals surface area (Å²) in [6.45, 7) is 2.28. The molecule has 32 heavy (non-hydrogen) atoms. The second-order valence-corrected chi connectivity index (χ2v) is 8.78. The molecule has 1 amide bonds. The first-order valence-corrected chi connectivity index (χ1v) is 11.5. The first kappa shape index (κ1) is 20.4. The van der Waals surface area contributed by atoms with Crippen LogP contribution >= 0.6 is 11.3 Å². The summed E-state index contributed by atoms with van der Waals surface area (Å²) in [4.78, 5) is 31.7. The van der Waals surface area contributed by atoms with Gasteiger partial charge in [0.1, 0.15) is 5.69 Å². The molecule has 0 saturated carbocycles. The van der Waals surface area contributed by atoms with Crippen LogP contribution in [0.5, 0.6) is 0 Å². The fraction of sp³-hybridized carbons (Fsp3) is 0.304. The van der Waals surface area contributed by atoms with Crippen molar-refractivity contribution >= 4 is 32.6 Å². The van der Waals surface area contributed by atoms with Crippen molar-refractivity contribution in [1.82, 2.24) is 20.1 Å². The Morgan fingerprint density at radius 3 is 2.75 bits per heavy atom. The van der Waals surface area contributed by atoms with Crippen LogP contribution < -0.4 is 15.8 Å². The number of carbonyl (C=O) groups is 1. The van der Waals surface area contributed by atoms with Crippen LogP contribution in [0.4, 0.5) is 5.13 Å². The highest BCUT2D eigenvalue weighted by atomic mass is 32.1. The second-order valence-electron chi connectivity index (χ2n) is 7.77. The molecule has 4 heterocycles. The van der Waals surface area contributed by atoms with E-state index in [4.69, 9.17) is 9.40 Å². The predicted octanol–water partition coefficient (Wildman–Crippen LogP) is 3.15. The molecule has 1 fully saturated rings. The number of amides is 1. The van der Waals surface area contributed by atoms with Gasteiger partial charge in [-0.25, -0.2) is 9.67 Å². The van der Waals surface area contributed by atoms with Crippen LogP contribution in [0.25, 0.3) is 21.7 Å². The molecule has 0 unspecified atom stereocenters. The molecule has 3 aromatic heterocycles. The van der Waals surface area contributed by atoms with Crippen molar-refractivity contribution in [2.75, 3.05) is 24.5 Å². The lowest BCUT2D eigenvalue weighted by Crippen LogP contribution is -2.41. The van der Waals surface area contributed by atoms with Crippen LogP contribution in [-0.2, 0) is 11.3 Å². The molecule has 5 rings (SSSR count). The first-order chi connectivity index (χ1) is 15.7. The number of thiazole rings is 1. The van der Waals surface area contributed by atoms with Crippen molar-refractivity contribution in [3.8, 4) is 11.5 Å². The largest absolute Gasteiger partial charge is 0.463 e. The fourth-order valence-electron chi connectivity index (χ4n) is 3.92. The SMILES string of the molecule is O=C(NCCn1nc(-c2ccco2)ccc1=O)C1CCN(c2nc3ccccc3s2)CC1. The number of fused-ring (bicyclic) bond motifs is 1. The number of hydrogen-bond acceptors (Lipinski definition) is 7.